The number of aliphatic hydroxyl groups excluding tert-OH is 1. The zero-order valence-corrected chi connectivity index (χ0v) is 35.1. The number of aliphatic hydroxyl groups is 1. The zero-order valence-electron chi connectivity index (χ0n) is 35.1. The van der Waals surface area contributed by atoms with E-state index in [4.69, 9.17) is 0 Å². The lowest BCUT2D eigenvalue weighted by Crippen LogP contribution is -2.70. The van der Waals surface area contributed by atoms with Gasteiger partial charge in [0.15, 0.2) is 22.8 Å². The van der Waals surface area contributed by atoms with Gasteiger partial charge in [0, 0.05) is 23.6 Å². The quantitative estimate of drug-likeness (QED) is 0.146. The van der Waals surface area contributed by atoms with Gasteiger partial charge in [0.2, 0.25) is 0 Å². The third kappa shape index (κ3) is 9.76. The van der Waals surface area contributed by atoms with Gasteiger partial charge >= 0.3 is 0 Å². The number of allylic oxidation sites excluding steroid dienone is 10. The van der Waals surface area contributed by atoms with E-state index in [1.165, 1.54) is 69.8 Å². The van der Waals surface area contributed by atoms with Crippen molar-refractivity contribution in [2.24, 2.45) is 28.1 Å². The summed E-state index contributed by atoms with van der Waals surface area (Å²) in [4.78, 5) is 43.9. The van der Waals surface area contributed by atoms with Crippen LogP contribution in [0.3, 0.4) is 0 Å². The van der Waals surface area contributed by atoms with Crippen LogP contribution in [0.25, 0.3) is 0 Å². The second-order valence-electron chi connectivity index (χ2n) is 18.3. The molecule has 5 heteroatoms. The van der Waals surface area contributed by atoms with Crippen molar-refractivity contribution in [2.75, 3.05) is 0 Å². The Labute approximate surface area is 318 Å². The number of hydrogen-bond donors (Lipinski definition) is 2. The molecule has 0 aliphatic heterocycles. The third-order valence-corrected chi connectivity index (χ3v) is 12.7. The lowest BCUT2D eigenvalue weighted by Gasteiger charge is -2.61. The largest absolute Gasteiger partial charge is 0.510 e. The average molecular weight is 718 g/mol. The lowest BCUT2D eigenvalue weighted by molar-refractivity contribution is -0.178. The standard InChI is InChI=1S/C35H52O4.C12H23N/c1-22(2)13-12-19-33(11)27(16-14-23(3)4)21-34(20-18-25(7)8)30(37)28(17-15-24(5)6)31(38)35(33,32(34)39)29(36)26(9)10;1-3-7-11(8-4-1)13-12-9-5-2-6-10-12/h13-15,18,26-27,38H,12,16-17,19-21H2,1-11H3;11-13H,1-10H2/t27-,33+,34+,35-;/m0./s1. The summed E-state index contributed by atoms with van der Waals surface area (Å²) < 4.78 is 0. The number of fused-ring (bicyclic) bond motifs is 2. The molecule has 0 saturated heterocycles. The fourth-order valence-electron chi connectivity index (χ4n) is 9.59. The second kappa shape index (κ2) is 19.2. The summed E-state index contributed by atoms with van der Waals surface area (Å²) in [7, 11) is 0. The van der Waals surface area contributed by atoms with Crippen LogP contribution in [0.4, 0.5) is 0 Å². The molecule has 0 aromatic carbocycles. The molecule has 5 nitrogen and oxygen atoms in total. The molecule has 4 rings (SSSR count). The van der Waals surface area contributed by atoms with E-state index >= 15 is 0 Å². The number of hydrogen-bond acceptors (Lipinski definition) is 5. The van der Waals surface area contributed by atoms with Crippen LogP contribution in [-0.2, 0) is 14.4 Å². The Morgan fingerprint density at radius 2 is 1.27 bits per heavy atom. The van der Waals surface area contributed by atoms with Crippen molar-refractivity contribution in [1.29, 1.82) is 0 Å². The Balaban J connectivity index is 0.000000464. The first-order valence-electron chi connectivity index (χ1n) is 20.8. The Kier molecular flexibility index (Phi) is 16.2. The van der Waals surface area contributed by atoms with Crippen molar-refractivity contribution in [3.63, 3.8) is 0 Å². The van der Waals surface area contributed by atoms with Gasteiger partial charge in [-0.3, -0.25) is 14.4 Å². The number of rotatable bonds is 13. The minimum Gasteiger partial charge on any atom is -0.510 e. The van der Waals surface area contributed by atoms with Crippen molar-refractivity contribution in [3.8, 4) is 0 Å². The molecule has 4 aliphatic rings. The summed E-state index contributed by atoms with van der Waals surface area (Å²) in [5.74, 6) is -1.87. The van der Waals surface area contributed by atoms with E-state index in [0.29, 0.717) is 25.7 Å². The van der Waals surface area contributed by atoms with E-state index in [1.54, 1.807) is 13.8 Å². The molecule has 292 valence electrons. The summed E-state index contributed by atoms with van der Waals surface area (Å²) in [6, 6.07) is 1.74. The number of nitrogens with one attached hydrogen (secondary N) is 1. The van der Waals surface area contributed by atoms with Gasteiger partial charge < -0.3 is 10.4 Å². The van der Waals surface area contributed by atoms with Crippen LogP contribution in [0.5, 0.6) is 0 Å². The molecule has 0 spiro atoms. The van der Waals surface area contributed by atoms with Gasteiger partial charge in [-0.1, -0.05) is 106 Å². The number of carbonyl (C=O) groups excluding carboxylic acids is 3. The average Bonchev–Trinajstić information content (AvgIpc) is 3.08. The maximum Gasteiger partial charge on any atom is 0.176 e. The maximum absolute atomic E-state index is 15.0. The number of Topliss-reactive ketones (excluding diaryl/α,β-unsaturated/α-hetero) is 3. The molecule has 4 aliphatic carbocycles. The molecule has 2 bridgehead atoms. The molecule has 52 heavy (non-hydrogen) atoms. The Bertz CT molecular complexity index is 1400. The van der Waals surface area contributed by atoms with Gasteiger partial charge in [-0.25, -0.2) is 0 Å². The monoisotopic (exact) mass is 718 g/mol. The molecule has 3 fully saturated rings. The van der Waals surface area contributed by atoms with E-state index in [-0.39, 0.29) is 47.4 Å². The fraction of sp³-hybridized carbons (Fsp3) is 0.723. The van der Waals surface area contributed by atoms with E-state index in [2.05, 4.69) is 17.5 Å². The molecule has 0 aromatic heterocycles. The highest BCUT2D eigenvalue weighted by Crippen LogP contribution is 2.68. The maximum atomic E-state index is 15.0. The van der Waals surface area contributed by atoms with E-state index in [9.17, 15) is 19.5 Å². The Morgan fingerprint density at radius 1 is 0.769 bits per heavy atom. The summed E-state index contributed by atoms with van der Waals surface area (Å²) in [5.41, 5.74) is 0.611. The molecule has 0 aromatic rings. The Hall–Kier alpha value is -2.53. The van der Waals surface area contributed by atoms with Crippen molar-refractivity contribution in [3.05, 3.63) is 57.9 Å². The minimum atomic E-state index is -1.76. The van der Waals surface area contributed by atoms with Gasteiger partial charge in [0.1, 0.15) is 5.76 Å². The predicted molar refractivity (Wildman–Crippen MR) is 218 cm³/mol. The first-order valence-corrected chi connectivity index (χ1v) is 20.8. The van der Waals surface area contributed by atoms with Crippen LogP contribution in [0.2, 0.25) is 0 Å². The molecule has 3 saturated carbocycles. The van der Waals surface area contributed by atoms with Gasteiger partial charge in [-0.05, 0) is 131 Å². The highest BCUT2D eigenvalue weighted by Gasteiger charge is 2.75. The molecule has 2 N–H and O–H groups in total. The first-order chi connectivity index (χ1) is 24.4. The van der Waals surface area contributed by atoms with Crippen LogP contribution in [-0.4, -0.2) is 34.5 Å². The normalized spacial score (nSPS) is 28.1. The van der Waals surface area contributed by atoms with Gasteiger partial charge in [0.05, 0.1) is 5.41 Å². The fourth-order valence-corrected chi connectivity index (χ4v) is 9.59. The van der Waals surface area contributed by atoms with Gasteiger partial charge in [-0.15, -0.1) is 0 Å². The minimum absolute atomic E-state index is 0.139. The summed E-state index contributed by atoms with van der Waals surface area (Å²) >= 11 is 0. The van der Waals surface area contributed by atoms with Crippen LogP contribution < -0.4 is 5.32 Å². The second-order valence-corrected chi connectivity index (χ2v) is 18.3. The highest BCUT2D eigenvalue weighted by molar-refractivity contribution is 6.27. The molecule has 0 amide bonds. The molecule has 4 atom stereocenters. The van der Waals surface area contributed by atoms with Crippen LogP contribution in [0.1, 0.15) is 179 Å². The van der Waals surface area contributed by atoms with Crippen molar-refractivity contribution < 1.29 is 19.5 Å². The molecular formula is C47H75NO4. The summed E-state index contributed by atoms with van der Waals surface area (Å²) in [5, 5.41) is 16.0. The smallest absolute Gasteiger partial charge is 0.176 e. The van der Waals surface area contributed by atoms with Crippen molar-refractivity contribution in [1.82, 2.24) is 5.32 Å². The van der Waals surface area contributed by atoms with E-state index in [0.717, 1.165) is 28.8 Å². The zero-order chi connectivity index (χ0) is 38.9. The number of ketones is 3. The van der Waals surface area contributed by atoms with Crippen LogP contribution >= 0.6 is 0 Å². The van der Waals surface area contributed by atoms with Crippen LogP contribution in [0, 0.1) is 28.1 Å². The molecule has 0 radical (unpaired) electrons. The van der Waals surface area contributed by atoms with Crippen molar-refractivity contribution in [2.45, 2.75) is 191 Å². The molecule has 0 heterocycles. The first kappa shape index (κ1) is 43.9. The van der Waals surface area contributed by atoms with Gasteiger partial charge in [0.25, 0.3) is 0 Å². The van der Waals surface area contributed by atoms with E-state index < -0.39 is 22.2 Å². The number of carbonyl (C=O) groups is 3. The lowest BCUT2D eigenvalue weighted by atomic mass is 9.38. The van der Waals surface area contributed by atoms with E-state index in [1.807, 2.05) is 74.5 Å². The SMILES string of the molecule is C1CCC(NC2CCCCC2)CC1.CC(C)=CCC[C@]1(C)[C@@H](CC=C(C)C)C[C@]2(CC=C(C)C)C(=O)C(CC=C(C)C)=C(O)[C@@]1(C(=O)C(C)C)C2=O. The summed E-state index contributed by atoms with van der Waals surface area (Å²) in [6.45, 7) is 21.6. The predicted octanol–water partition coefficient (Wildman–Crippen LogP) is 12.2. The van der Waals surface area contributed by atoms with Gasteiger partial charge in [-0.2, -0.15) is 0 Å². The Morgan fingerprint density at radius 3 is 1.73 bits per heavy atom. The third-order valence-electron chi connectivity index (χ3n) is 12.7. The van der Waals surface area contributed by atoms with Crippen molar-refractivity contribution >= 4 is 17.3 Å². The summed E-state index contributed by atoms with van der Waals surface area (Å²) in [6.07, 6.45) is 25.5. The highest BCUT2D eigenvalue weighted by atomic mass is 16.3. The molecule has 0 unspecified atom stereocenters. The topological polar surface area (TPSA) is 83.5 Å². The van der Waals surface area contributed by atoms with Crippen LogP contribution in [0.15, 0.2) is 57.9 Å². The molecular weight excluding hydrogens is 643 g/mol.